The van der Waals surface area contributed by atoms with Gasteiger partial charge in [0.2, 0.25) is 12.0 Å². The van der Waals surface area contributed by atoms with Crippen LogP contribution in [-0.4, -0.2) is 58.1 Å². The van der Waals surface area contributed by atoms with E-state index in [0.29, 0.717) is 6.42 Å². The first-order valence-electron chi connectivity index (χ1n) is 18.4. The lowest BCUT2D eigenvalue weighted by Gasteiger charge is -2.32. The Kier molecular flexibility index (Phi) is 20.2. The smallest absolute Gasteiger partial charge is 0.307 e. The van der Waals surface area contributed by atoms with E-state index in [1.165, 1.54) is 57.9 Å². The number of carbonyl (C=O) groups excluding carboxylic acids is 5. The van der Waals surface area contributed by atoms with Crippen molar-refractivity contribution < 1.29 is 56.5 Å². The number of aromatic nitrogens is 2. The molecule has 0 aromatic carbocycles. The van der Waals surface area contributed by atoms with E-state index in [2.05, 4.69) is 16.9 Å². The van der Waals surface area contributed by atoms with Gasteiger partial charge in [-0.2, -0.15) is 0 Å². The van der Waals surface area contributed by atoms with E-state index in [0.717, 1.165) is 19.3 Å². The topological polar surface area (TPSA) is 184 Å². The molecule has 0 aliphatic rings. The molecule has 0 radical (unpaired) electrons. The number of esters is 5. The van der Waals surface area contributed by atoms with Crippen LogP contribution in [0, 0.1) is 0 Å². The largest absolute Gasteiger partial charge is 0.459 e. The highest BCUT2D eigenvalue weighted by molar-refractivity contribution is 5.71. The summed E-state index contributed by atoms with van der Waals surface area (Å²) in [4.78, 5) is 71.3. The number of oxazole rings is 2. The Balaban J connectivity index is 2.31. The zero-order valence-corrected chi connectivity index (χ0v) is 31.0. The van der Waals surface area contributed by atoms with Crippen LogP contribution in [0.25, 0.3) is 0 Å². The zero-order valence-electron chi connectivity index (χ0n) is 31.0. The summed E-state index contributed by atoms with van der Waals surface area (Å²) in [7, 11) is 0. The summed E-state index contributed by atoms with van der Waals surface area (Å²) in [5, 5.41) is 0. The average Bonchev–Trinajstić information content (AvgIpc) is 3.85. The fourth-order valence-electron chi connectivity index (χ4n) is 5.18. The number of nitrogens with zero attached hydrogens (tertiary/aromatic N) is 2. The van der Waals surface area contributed by atoms with Crippen molar-refractivity contribution in [2.45, 2.75) is 168 Å². The van der Waals surface area contributed by atoms with Crippen molar-refractivity contribution in [1.82, 2.24) is 9.97 Å². The highest BCUT2D eigenvalue weighted by Gasteiger charge is 2.39. The van der Waals surface area contributed by atoms with Crippen molar-refractivity contribution in [2.24, 2.45) is 0 Å². The predicted octanol–water partition coefficient (Wildman–Crippen LogP) is 7.59. The number of unbranched alkanes of at least 4 members (excludes halogenated alkanes) is 8. The Labute approximate surface area is 300 Å². The molecule has 0 bridgehead atoms. The number of hydrogen-bond donors (Lipinski definition) is 0. The van der Waals surface area contributed by atoms with Crippen molar-refractivity contribution in [3.63, 3.8) is 0 Å². The Bertz CT molecular complexity index is 1320. The van der Waals surface area contributed by atoms with Crippen molar-refractivity contribution >= 4 is 29.8 Å². The summed E-state index contributed by atoms with van der Waals surface area (Å²) < 4.78 is 39.5. The first-order valence-corrected chi connectivity index (χ1v) is 18.4. The molecule has 14 heteroatoms. The molecule has 2 rings (SSSR count). The summed E-state index contributed by atoms with van der Waals surface area (Å²) in [5.41, 5.74) is 0.0997. The monoisotopic (exact) mass is 720 g/mol. The van der Waals surface area contributed by atoms with Crippen LogP contribution >= 0.6 is 0 Å². The lowest BCUT2D eigenvalue weighted by atomic mass is 10.0. The Morgan fingerprint density at radius 3 is 1.82 bits per heavy atom. The summed E-state index contributed by atoms with van der Waals surface area (Å²) in [6.07, 6.45) is 7.81. The Morgan fingerprint density at radius 2 is 1.24 bits per heavy atom. The van der Waals surface area contributed by atoms with Gasteiger partial charge in [-0.15, -0.1) is 0 Å². The SMILES string of the molecule is CCCCCCCCCCCC(=O)OC(c1cnco1)c1nc(C(CC(OC(=O)CC)C(OC(=O)CC)C(C)OC(=O)CC)OC(=O)CC)co1. The van der Waals surface area contributed by atoms with Gasteiger partial charge in [0.05, 0.1) is 6.20 Å². The molecule has 5 unspecified atom stereocenters. The molecule has 0 amide bonds. The fourth-order valence-corrected chi connectivity index (χ4v) is 5.18. The van der Waals surface area contributed by atoms with Gasteiger partial charge in [-0.1, -0.05) is 86.0 Å². The molecule has 0 saturated carbocycles. The standard InChI is InChI=1S/C37H56N2O12/c1-7-12-13-14-15-16-17-18-19-20-34(44)51-36(29-22-38-24-46-29)37-39-26(23-45-37)27(48-31(41)9-3)21-28(49-32(42)10-4)35(50-33(43)11-5)25(6)47-30(40)8-2/h22-25,27-28,35-36H,7-21H2,1-6H3. The Hall–Kier alpha value is -4.23. The Morgan fingerprint density at radius 1 is 0.667 bits per heavy atom. The van der Waals surface area contributed by atoms with Gasteiger partial charge in [0.25, 0.3) is 0 Å². The molecule has 5 atom stereocenters. The summed E-state index contributed by atoms with van der Waals surface area (Å²) in [5.74, 6) is -2.78. The molecular formula is C37H56N2O12. The minimum absolute atomic E-state index is 0.00114. The summed E-state index contributed by atoms with van der Waals surface area (Å²) in [6.45, 7) is 10.1. The molecule has 2 heterocycles. The van der Waals surface area contributed by atoms with E-state index in [1.54, 1.807) is 27.7 Å². The van der Waals surface area contributed by atoms with E-state index < -0.39 is 60.4 Å². The van der Waals surface area contributed by atoms with E-state index >= 15 is 0 Å². The van der Waals surface area contributed by atoms with Gasteiger partial charge >= 0.3 is 29.8 Å². The van der Waals surface area contributed by atoms with Crippen molar-refractivity contribution in [3.8, 4) is 0 Å². The van der Waals surface area contributed by atoms with Crippen LogP contribution in [0.3, 0.4) is 0 Å². The average molecular weight is 721 g/mol. The molecule has 0 N–H and O–H groups in total. The van der Waals surface area contributed by atoms with Crippen LogP contribution in [0.1, 0.15) is 167 Å². The van der Waals surface area contributed by atoms with E-state index in [1.807, 2.05) is 0 Å². The minimum Gasteiger partial charge on any atom is -0.459 e. The van der Waals surface area contributed by atoms with Gasteiger partial charge < -0.3 is 32.5 Å². The molecule has 14 nitrogen and oxygen atoms in total. The van der Waals surface area contributed by atoms with Crippen LogP contribution in [0.15, 0.2) is 27.7 Å². The summed E-state index contributed by atoms with van der Waals surface area (Å²) in [6, 6.07) is 0. The lowest BCUT2D eigenvalue weighted by molar-refractivity contribution is -0.187. The first-order chi connectivity index (χ1) is 24.6. The van der Waals surface area contributed by atoms with E-state index in [9.17, 15) is 24.0 Å². The van der Waals surface area contributed by atoms with Crippen molar-refractivity contribution in [2.75, 3.05) is 0 Å². The quantitative estimate of drug-likeness (QED) is 0.0526. The summed E-state index contributed by atoms with van der Waals surface area (Å²) >= 11 is 0. The predicted molar refractivity (Wildman–Crippen MR) is 183 cm³/mol. The van der Waals surface area contributed by atoms with E-state index in [4.69, 9.17) is 32.5 Å². The number of hydrogen-bond acceptors (Lipinski definition) is 14. The molecule has 0 saturated heterocycles. The second-order valence-corrected chi connectivity index (χ2v) is 12.3. The normalized spacial score (nSPS) is 14.1. The molecule has 0 fully saturated rings. The van der Waals surface area contributed by atoms with Crippen LogP contribution in [0.4, 0.5) is 0 Å². The molecule has 51 heavy (non-hydrogen) atoms. The maximum absolute atomic E-state index is 12.9. The van der Waals surface area contributed by atoms with Crippen molar-refractivity contribution in [1.29, 1.82) is 0 Å². The number of carbonyl (C=O) groups is 5. The van der Waals surface area contributed by atoms with Crippen molar-refractivity contribution in [3.05, 3.63) is 36.2 Å². The van der Waals surface area contributed by atoms with Crippen LogP contribution < -0.4 is 0 Å². The van der Waals surface area contributed by atoms with Crippen LogP contribution in [-0.2, 0) is 47.7 Å². The third-order valence-electron chi connectivity index (χ3n) is 8.11. The van der Waals surface area contributed by atoms with Crippen LogP contribution in [0.2, 0.25) is 0 Å². The molecule has 0 aliphatic heterocycles. The number of rotatable bonds is 26. The third kappa shape index (κ3) is 15.7. The van der Waals surface area contributed by atoms with Gasteiger partial charge in [0.1, 0.15) is 24.2 Å². The van der Waals surface area contributed by atoms with Gasteiger partial charge in [0.15, 0.2) is 24.4 Å². The second-order valence-electron chi connectivity index (χ2n) is 12.3. The van der Waals surface area contributed by atoms with Gasteiger partial charge in [-0.3, -0.25) is 24.0 Å². The minimum atomic E-state index is -1.25. The molecule has 2 aromatic rings. The second kappa shape index (κ2) is 24.0. The molecule has 0 spiro atoms. The third-order valence-corrected chi connectivity index (χ3v) is 8.11. The highest BCUT2D eigenvalue weighted by atomic mass is 16.6. The lowest BCUT2D eigenvalue weighted by Crippen LogP contribution is -2.45. The van der Waals surface area contributed by atoms with Gasteiger partial charge in [0, 0.05) is 38.5 Å². The zero-order chi connectivity index (χ0) is 37.6. The molecule has 286 valence electrons. The highest BCUT2D eigenvalue weighted by Crippen LogP contribution is 2.32. The van der Waals surface area contributed by atoms with Crippen LogP contribution in [0.5, 0.6) is 0 Å². The number of ether oxygens (including phenoxy) is 5. The maximum atomic E-state index is 12.9. The first kappa shape index (κ1) is 42.9. The van der Waals surface area contributed by atoms with Gasteiger partial charge in [-0.05, 0) is 13.3 Å². The molecule has 2 aromatic heterocycles. The van der Waals surface area contributed by atoms with Gasteiger partial charge in [-0.25, -0.2) is 9.97 Å². The molecular weight excluding hydrogens is 664 g/mol. The molecule has 0 aliphatic carbocycles. The fraction of sp³-hybridized carbons (Fsp3) is 0.703. The van der Waals surface area contributed by atoms with E-state index in [-0.39, 0.29) is 55.9 Å². The maximum Gasteiger partial charge on any atom is 0.307 e.